The number of carbonyl (C=O) groups excluding carboxylic acids is 1. The van der Waals surface area contributed by atoms with Gasteiger partial charge in [-0.3, -0.25) is 9.69 Å². The van der Waals surface area contributed by atoms with Gasteiger partial charge in [0.2, 0.25) is 0 Å². The van der Waals surface area contributed by atoms with Crippen molar-refractivity contribution in [2.45, 2.75) is 12.5 Å². The Morgan fingerprint density at radius 3 is 2.64 bits per heavy atom. The first-order valence-electron chi connectivity index (χ1n) is 6.97. The van der Waals surface area contributed by atoms with E-state index in [0.717, 1.165) is 5.56 Å². The Hall–Kier alpha value is -3.00. The van der Waals surface area contributed by atoms with Crippen molar-refractivity contribution >= 4 is 17.3 Å². The van der Waals surface area contributed by atoms with Gasteiger partial charge in [-0.1, -0.05) is 24.3 Å². The zero-order chi connectivity index (χ0) is 15.5. The molecule has 1 unspecified atom stereocenters. The average Bonchev–Trinajstić information content (AvgIpc) is 2.53. The van der Waals surface area contributed by atoms with Crippen molar-refractivity contribution < 1.29 is 9.53 Å². The Balaban J connectivity index is 1.89. The Morgan fingerprint density at radius 1 is 1.18 bits per heavy atom. The molecule has 0 fully saturated rings. The molecule has 0 radical (unpaired) electrons. The van der Waals surface area contributed by atoms with Crippen LogP contribution in [0, 0.1) is 11.3 Å². The summed E-state index contributed by atoms with van der Waals surface area (Å²) in [5.41, 5.74) is 7.95. The molecular weight excluding hydrogens is 278 g/mol. The van der Waals surface area contributed by atoms with E-state index in [4.69, 9.17) is 15.7 Å². The van der Waals surface area contributed by atoms with Gasteiger partial charge in [-0.05, 0) is 29.8 Å². The van der Waals surface area contributed by atoms with Crippen molar-refractivity contribution in [3.8, 4) is 11.8 Å². The molecule has 1 heterocycles. The second-order valence-corrected chi connectivity index (χ2v) is 5.10. The third-order valence-corrected chi connectivity index (χ3v) is 3.60. The van der Waals surface area contributed by atoms with Crippen LogP contribution < -0.4 is 15.4 Å². The number of benzene rings is 2. The fourth-order valence-electron chi connectivity index (χ4n) is 2.51. The van der Waals surface area contributed by atoms with Gasteiger partial charge in [0.25, 0.3) is 5.91 Å². The van der Waals surface area contributed by atoms with Crippen molar-refractivity contribution in [3.05, 3.63) is 54.1 Å². The normalized spacial score (nSPS) is 16.6. The molecule has 1 amide bonds. The lowest BCUT2D eigenvalue weighted by Gasteiger charge is -2.33. The van der Waals surface area contributed by atoms with Crippen LogP contribution in [-0.4, -0.2) is 18.6 Å². The number of hydrogen-bond acceptors (Lipinski definition) is 4. The van der Waals surface area contributed by atoms with Gasteiger partial charge in [0.05, 0.1) is 11.8 Å². The molecule has 0 spiro atoms. The van der Waals surface area contributed by atoms with E-state index in [2.05, 4.69) is 0 Å². The molecule has 0 aliphatic carbocycles. The van der Waals surface area contributed by atoms with E-state index in [1.807, 2.05) is 36.4 Å². The standard InChI is InChI=1S/C17H15N3O2/c18-9-10-20-14-3-1-2-4-15(14)22-16(17(20)21)11-12-5-7-13(19)8-6-12/h1-8,16H,10-11,19H2. The fraction of sp³-hybridized carbons (Fsp3) is 0.176. The van der Waals surface area contributed by atoms with Crippen LogP contribution >= 0.6 is 0 Å². The Morgan fingerprint density at radius 2 is 1.91 bits per heavy atom. The second-order valence-electron chi connectivity index (χ2n) is 5.10. The molecule has 110 valence electrons. The van der Waals surface area contributed by atoms with E-state index in [1.54, 1.807) is 18.2 Å². The zero-order valence-electron chi connectivity index (χ0n) is 11.9. The van der Waals surface area contributed by atoms with Crippen LogP contribution in [0.2, 0.25) is 0 Å². The molecule has 0 bridgehead atoms. The minimum atomic E-state index is -0.633. The molecule has 22 heavy (non-hydrogen) atoms. The number of nitriles is 1. The maximum Gasteiger partial charge on any atom is 0.269 e. The molecule has 0 saturated carbocycles. The number of para-hydroxylation sites is 2. The van der Waals surface area contributed by atoms with Crippen LogP contribution in [0.5, 0.6) is 5.75 Å². The highest BCUT2D eigenvalue weighted by molar-refractivity contribution is 6.00. The molecule has 5 heteroatoms. The topological polar surface area (TPSA) is 79.4 Å². The molecule has 1 aliphatic rings. The van der Waals surface area contributed by atoms with Gasteiger partial charge in [-0.2, -0.15) is 5.26 Å². The van der Waals surface area contributed by atoms with Crippen LogP contribution in [-0.2, 0) is 11.2 Å². The Kier molecular flexibility index (Phi) is 3.67. The number of carbonyl (C=O) groups is 1. The van der Waals surface area contributed by atoms with Gasteiger partial charge < -0.3 is 10.5 Å². The number of rotatable bonds is 3. The Labute approximate surface area is 128 Å². The summed E-state index contributed by atoms with van der Waals surface area (Å²) in [5, 5.41) is 8.97. The van der Waals surface area contributed by atoms with Crippen LogP contribution in [0.25, 0.3) is 0 Å². The molecule has 2 aromatic rings. The highest BCUT2D eigenvalue weighted by Crippen LogP contribution is 2.34. The summed E-state index contributed by atoms with van der Waals surface area (Å²) in [7, 11) is 0. The number of amides is 1. The summed E-state index contributed by atoms with van der Waals surface area (Å²) in [5.74, 6) is 0.426. The molecule has 0 saturated heterocycles. The summed E-state index contributed by atoms with van der Waals surface area (Å²) in [6.07, 6.45) is -0.193. The van der Waals surface area contributed by atoms with Crippen LogP contribution in [0.4, 0.5) is 11.4 Å². The van der Waals surface area contributed by atoms with E-state index in [0.29, 0.717) is 23.5 Å². The lowest BCUT2D eigenvalue weighted by molar-refractivity contribution is -0.126. The number of anilines is 2. The Bertz CT molecular complexity index is 734. The van der Waals surface area contributed by atoms with Crippen molar-refractivity contribution in [2.75, 3.05) is 17.2 Å². The van der Waals surface area contributed by atoms with Gasteiger partial charge in [0.15, 0.2) is 6.10 Å². The maximum absolute atomic E-state index is 12.6. The van der Waals surface area contributed by atoms with E-state index < -0.39 is 6.10 Å². The van der Waals surface area contributed by atoms with E-state index in [-0.39, 0.29) is 12.5 Å². The van der Waals surface area contributed by atoms with Gasteiger partial charge >= 0.3 is 0 Å². The zero-order valence-corrected chi connectivity index (χ0v) is 11.9. The minimum Gasteiger partial charge on any atom is -0.478 e. The predicted molar refractivity (Wildman–Crippen MR) is 83.4 cm³/mol. The summed E-state index contributed by atoms with van der Waals surface area (Å²) in [6.45, 7) is 0.0114. The van der Waals surface area contributed by atoms with Crippen LogP contribution in [0.3, 0.4) is 0 Å². The summed E-state index contributed by atoms with van der Waals surface area (Å²) in [4.78, 5) is 14.0. The number of hydrogen-bond donors (Lipinski definition) is 1. The van der Waals surface area contributed by atoms with E-state index >= 15 is 0 Å². The SMILES string of the molecule is N#CCN1C(=O)C(Cc2ccc(N)cc2)Oc2ccccc21. The molecule has 1 aliphatic heterocycles. The monoisotopic (exact) mass is 293 g/mol. The summed E-state index contributed by atoms with van der Waals surface area (Å²) < 4.78 is 5.82. The molecule has 5 nitrogen and oxygen atoms in total. The average molecular weight is 293 g/mol. The fourth-order valence-corrected chi connectivity index (χ4v) is 2.51. The third-order valence-electron chi connectivity index (χ3n) is 3.60. The molecule has 1 atom stereocenters. The molecule has 3 rings (SSSR count). The van der Waals surface area contributed by atoms with Gasteiger partial charge in [-0.25, -0.2) is 0 Å². The van der Waals surface area contributed by atoms with Crippen molar-refractivity contribution in [2.24, 2.45) is 0 Å². The number of nitrogens with zero attached hydrogens (tertiary/aromatic N) is 2. The molecule has 2 N–H and O–H groups in total. The predicted octanol–water partition coefficient (Wildman–Crippen LogP) is 2.13. The summed E-state index contributed by atoms with van der Waals surface area (Å²) in [6, 6.07) is 16.6. The molecule has 0 aromatic heterocycles. The second kappa shape index (κ2) is 5.78. The van der Waals surface area contributed by atoms with Crippen LogP contribution in [0.1, 0.15) is 5.56 Å². The number of fused-ring (bicyclic) bond motifs is 1. The molecule has 2 aromatic carbocycles. The number of ether oxygens (including phenoxy) is 1. The van der Waals surface area contributed by atoms with Gasteiger partial charge in [0.1, 0.15) is 12.3 Å². The van der Waals surface area contributed by atoms with Crippen molar-refractivity contribution in [1.29, 1.82) is 5.26 Å². The lowest BCUT2D eigenvalue weighted by Crippen LogP contribution is -2.47. The quantitative estimate of drug-likeness (QED) is 0.694. The molecular formula is C17H15N3O2. The van der Waals surface area contributed by atoms with E-state index in [1.165, 1.54) is 4.90 Å². The van der Waals surface area contributed by atoms with Gasteiger partial charge in [-0.15, -0.1) is 0 Å². The summed E-state index contributed by atoms with van der Waals surface area (Å²) >= 11 is 0. The number of nitrogens with two attached hydrogens (primary N) is 1. The largest absolute Gasteiger partial charge is 0.478 e. The third kappa shape index (κ3) is 2.59. The smallest absolute Gasteiger partial charge is 0.269 e. The van der Waals surface area contributed by atoms with Crippen LogP contribution in [0.15, 0.2) is 48.5 Å². The highest BCUT2D eigenvalue weighted by Gasteiger charge is 2.34. The van der Waals surface area contributed by atoms with Crippen molar-refractivity contribution in [3.63, 3.8) is 0 Å². The first-order valence-corrected chi connectivity index (χ1v) is 6.97. The number of nitrogen functional groups attached to an aromatic ring is 1. The maximum atomic E-state index is 12.6. The first kappa shape index (κ1) is 14.0. The van der Waals surface area contributed by atoms with Crippen molar-refractivity contribution in [1.82, 2.24) is 0 Å². The lowest BCUT2D eigenvalue weighted by atomic mass is 10.0. The highest BCUT2D eigenvalue weighted by atomic mass is 16.5. The minimum absolute atomic E-state index is 0.0114. The first-order chi connectivity index (χ1) is 10.7. The van der Waals surface area contributed by atoms with E-state index in [9.17, 15) is 4.79 Å². The van der Waals surface area contributed by atoms with Gasteiger partial charge in [0, 0.05) is 12.1 Å².